The van der Waals surface area contributed by atoms with Crippen LogP contribution in [0, 0.1) is 0 Å². The van der Waals surface area contributed by atoms with E-state index in [4.69, 9.17) is 4.42 Å². The van der Waals surface area contributed by atoms with Gasteiger partial charge in [-0.05, 0) is 19.4 Å². The predicted molar refractivity (Wildman–Crippen MR) is 58.4 cm³/mol. The molecule has 1 atom stereocenters. The Balaban J connectivity index is 2.15. The second kappa shape index (κ2) is 3.97. The molecule has 0 saturated carbocycles. The van der Waals surface area contributed by atoms with Gasteiger partial charge in [0.25, 0.3) is 5.89 Å². The first-order valence-electron chi connectivity index (χ1n) is 5.60. The zero-order valence-electron chi connectivity index (χ0n) is 9.91. The van der Waals surface area contributed by atoms with Crippen molar-refractivity contribution < 1.29 is 9.21 Å². The number of hydrogen-bond acceptors (Lipinski definition) is 5. The molecular formula is C11H17N3O2. The van der Waals surface area contributed by atoms with E-state index in [-0.39, 0.29) is 23.1 Å². The van der Waals surface area contributed by atoms with Crippen LogP contribution in [0.15, 0.2) is 4.42 Å². The number of aromatic nitrogens is 2. The van der Waals surface area contributed by atoms with Crippen molar-refractivity contribution >= 4 is 5.78 Å². The van der Waals surface area contributed by atoms with Crippen molar-refractivity contribution in [3.63, 3.8) is 0 Å². The molecule has 0 bridgehead atoms. The second-order valence-electron chi connectivity index (χ2n) is 5.18. The van der Waals surface area contributed by atoms with Crippen molar-refractivity contribution in [2.45, 2.75) is 45.1 Å². The van der Waals surface area contributed by atoms with Crippen LogP contribution >= 0.6 is 0 Å². The number of Topliss-reactive ketones (excluding diaryl/α,β-unsaturated/α-hetero) is 1. The molecule has 1 saturated heterocycles. The van der Waals surface area contributed by atoms with Gasteiger partial charge in [-0.25, -0.2) is 0 Å². The predicted octanol–water partition coefficient (Wildman–Crippen LogP) is 1.30. The van der Waals surface area contributed by atoms with Crippen LogP contribution in [-0.2, 0) is 5.41 Å². The Kier molecular flexibility index (Phi) is 2.80. The standard InChI is InChI=1S/C11H17N3O2/c1-11(2,3)10-14-13-9(16-10)8(15)7-5-4-6-12-7/h7,12H,4-6H2,1-3H3. The summed E-state index contributed by atoms with van der Waals surface area (Å²) in [6.45, 7) is 6.81. The third kappa shape index (κ3) is 2.14. The number of nitrogens with one attached hydrogen (secondary N) is 1. The molecule has 0 amide bonds. The van der Waals surface area contributed by atoms with Crippen molar-refractivity contribution in [3.05, 3.63) is 11.8 Å². The zero-order valence-corrected chi connectivity index (χ0v) is 9.91. The van der Waals surface area contributed by atoms with Gasteiger partial charge in [0.15, 0.2) is 0 Å². The Morgan fingerprint density at radius 3 is 2.69 bits per heavy atom. The number of nitrogens with zero attached hydrogens (tertiary/aromatic N) is 2. The number of carbonyl (C=O) groups excluding carboxylic acids is 1. The Morgan fingerprint density at radius 2 is 2.19 bits per heavy atom. The van der Waals surface area contributed by atoms with Crippen LogP contribution in [-0.4, -0.2) is 28.6 Å². The molecule has 2 heterocycles. The number of carbonyl (C=O) groups is 1. The van der Waals surface area contributed by atoms with Gasteiger partial charge in [0.05, 0.1) is 6.04 Å². The lowest BCUT2D eigenvalue weighted by atomic mass is 9.97. The Bertz CT molecular complexity index is 386. The average Bonchev–Trinajstić information content (AvgIpc) is 2.87. The topological polar surface area (TPSA) is 68.0 Å². The minimum absolute atomic E-state index is 0.0829. The van der Waals surface area contributed by atoms with Crippen LogP contribution in [0.4, 0.5) is 0 Å². The molecule has 2 rings (SSSR count). The summed E-state index contributed by atoms with van der Waals surface area (Å²) >= 11 is 0. The summed E-state index contributed by atoms with van der Waals surface area (Å²) in [7, 11) is 0. The largest absolute Gasteiger partial charge is 0.418 e. The molecule has 0 radical (unpaired) electrons. The number of rotatable bonds is 2. The molecule has 88 valence electrons. The Morgan fingerprint density at radius 1 is 1.44 bits per heavy atom. The summed E-state index contributed by atoms with van der Waals surface area (Å²) in [5, 5.41) is 10.9. The van der Waals surface area contributed by atoms with E-state index in [2.05, 4.69) is 15.5 Å². The molecule has 16 heavy (non-hydrogen) atoms. The van der Waals surface area contributed by atoms with Gasteiger partial charge in [-0.3, -0.25) is 4.79 Å². The molecule has 5 nitrogen and oxygen atoms in total. The molecule has 0 aliphatic carbocycles. The van der Waals surface area contributed by atoms with Crippen LogP contribution in [0.5, 0.6) is 0 Å². The van der Waals surface area contributed by atoms with Crippen molar-refractivity contribution in [3.8, 4) is 0 Å². The lowest BCUT2D eigenvalue weighted by Gasteiger charge is -2.11. The minimum Gasteiger partial charge on any atom is -0.418 e. The summed E-state index contributed by atoms with van der Waals surface area (Å²) in [6.07, 6.45) is 1.88. The quantitative estimate of drug-likeness (QED) is 0.765. The lowest BCUT2D eigenvalue weighted by molar-refractivity contribution is 0.0914. The first kappa shape index (κ1) is 11.3. The smallest absolute Gasteiger partial charge is 0.285 e. The maximum absolute atomic E-state index is 11.9. The highest BCUT2D eigenvalue weighted by molar-refractivity contribution is 5.96. The zero-order chi connectivity index (χ0) is 11.8. The fourth-order valence-corrected chi connectivity index (χ4v) is 1.68. The maximum atomic E-state index is 11.9. The van der Waals surface area contributed by atoms with Gasteiger partial charge >= 0.3 is 0 Å². The van der Waals surface area contributed by atoms with Crippen LogP contribution in [0.1, 0.15) is 50.2 Å². The normalized spacial score (nSPS) is 21.3. The van der Waals surface area contributed by atoms with E-state index in [0.717, 1.165) is 19.4 Å². The van der Waals surface area contributed by atoms with Gasteiger partial charge in [-0.1, -0.05) is 20.8 Å². The molecule has 1 aromatic heterocycles. The molecule has 1 aromatic rings. The number of hydrogen-bond donors (Lipinski definition) is 1. The fourth-order valence-electron chi connectivity index (χ4n) is 1.68. The van der Waals surface area contributed by atoms with E-state index < -0.39 is 0 Å². The maximum Gasteiger partial charge on any atom is 0.285 e. The summed E-state index contributed by atoms with van der Waals surface area (Å²) in [6, 6.07) is -0.145. The summed E-state index contributed by atoms with van der Waals surface area (Å²) in [5.74, 6) is 0.554. The van der Waals surface area contributed by atoms with E-state index in [1.165, 1.54) is 0 Å². The highest BCUT2D eigenvalue weighted by Crippen LogP contribution is 2.21. The van der Waals surface area contributed by atoms with Crippen LogP contribution in [0.2, 0.25) is 0 Å². The summed E-state index contributed by atoms with van der Waals surface area (Å²) in [5.41, 5.74) is -0.214. The monoisotopic (exact) mass is 223 g/mol. The van der Waals surface area contributed by atoms with Gasteiger partial charge in [0, 0.05) is 5.41 Å². The first-order valence-corrected chi connectivity index (χ1v) is 5.60. The minimum atomic E-state index is -0.214. The van der Waals surface area contributed by atoms with E-state index >= 15 is 0 Å². The third-order valence-electron chi connectivity index (χ3n) is 2.65. The molecular weight excluding hydrogens is 206 g/mol. The van der Waals surface area contributed by atoms with E-state index in [0.29, 0.717) is 5.89 Å². The lowest BCUT2D eigenvalue weighted by Crippen LogP contribution is -2.30. The highest BCUT2D eigenvalue weighted by atomic mass is 16.4. The van der Waals surface area contributed by atoms with Crippen LogP contribution < -0.4 is 5.32 Å². The molecule has 1 aliphatic rings. The molecule has 1 unspecified atom stereocenters. The Labute approximate surface area is 94.6 Å². The van der Waals surface area contributed by atoms with Gasteiger partial charge in [-0.2, -0.15) is 0 Å². The van der Waals surface area contributed by atoms with Crippen molar-refractivity contribution in [1.82, 2.24) is 15.5 Å². The molecule has 0 spiro atoms. The van der Waals surface area contributed by atoms with Crippen LogP contribution in [0.3, 0.4) is 0 Å². The summed E-state index contributed by atoms with van der Waals surface area (Å²) in [4.78, 5) is 11.9. The molecule has 1 fully saturated rings. The third-order valence-corrected chi connectivity index (χ3v) is 2.65. The van der Waals surface area contributed by atoms with Crippen molar-refractivity contribution in [2.75, 3.05) is 6.54 Å². The Hall–Kier alpha value is -1.23. The van der Waals surface area contributed by atoms with Crippen molar-refractivity contribution in [1.29, 1.82) is 0 Å². The van der Waals surface area contributed by atoms with Gasteiger partial charge in [-0.15, -0.1) is 10.2 Å². The van der Waals surface area contributed by atoms with Gasteiger partial charge < -0.3 is 9.73 Å². The van der Waals surface area contributed by atoms with Crippen LogP contribution in [0.25, 0.3) is 0 Å². The van der Waals surface area contributed by atoms with E-state index in [1.807, 2.05) is 20.8 Å². The molecule has 5 heteroatoms. The fraction of sp³-hybridized carbons (Fsp3) is 0.727. The average molecular weight is 223 g/mol. The van der Waals surface area contributed by atoms with Gasteiger partial charge in [0.1, 0.15) is 0 Å². The highest BCUT2D eigenvalue weighted by Gasteiger charge is 2.29. The van der Waals surface area contributed by atoms with E-state index in [1.54, 1.807) is 0 Å². The number of ketones is 1. The van der Waals surface area contributed by atoms with Crippen molar-refractivity contribution in [2.24, 2.45) is 0 Å². The molecule has 1 N–H and O–H groups in total. The second-order valence-corrected chi connectivity index (χ2v) is 5.18. The molecule has 0 aromatic carbocycles. The SMILES string of the molecule is CC(C)(C)c1nnc(C(=O)C2CCCN2)o1. The van der Waals surface area contributed by atoms with E-state index in [9.17, 15) is 4.79 Å². The van der Waals surface area contributed by atoms with Gasteiger partial charge in [0.2, 0.25) is 11.7 Å². The first-order chi connectivity index (χ1) is 7.48. The molecule has 1 aliphatic heterocycles. The summed E-state index contributed by atoms with van der Waals surface area (Å²) < 4.78 is 5.41.